The van der Waals surface area contributed by atoms with Gasteiger partial charge in [-0.1, -0.05) is 36.4 Å². The Balaban J connectivity index is 1.57. The highest BCUT2D eigenvalue weighted by Gasteiger charge is 2.19. The number of H-pyrrole nitrogens is 1. The zero-order valence-corrected chi connectivity index (χ0v) is 16.6. The molecule has 0 radical (unpaired) electrons. The van der Waals surface area contributed by atoms with Gasteiger partial charge in [0, 0.05) is 39.6 Å². The van der Waals surface area contributed by atoms with Crippen LogP contribution in [0, 0.1) is 13.8 Å². The van der Waals surface area contributed by atoms with E-state index >= 15 is 0 Å². The number of carbonyl (C=O) groups excluding carboxylic acids is 2. The summed E-state index contributed by atoms with van der Waals surface area (Å²) >= 11 is 0. The molecule has 2 aromatic carbocycles. The number of aromatic amines is 1. The molecule has 0 saturated carbocycles. The van der Waals surface area contributed by atoms with Gasteiger partial charge in [0.15, 0.2) is 6.61 Å². The quantitative estimate of drug-likeness (QED) is 0.406. The normalized spacial score (nSPS) is 10.9. The number of nitrogens with zero attached hydrogens (tertiary/aromatic N) is 1. The Bertz CT molecular complexity index is 1320. The van der Waals surface area contributed by atoms with Crippen molar-refractivity contribution >= 4 is 22.7 Å². The number of esters is 1. The van der Waals surface area contributed by atoms with E-state index in [1.54, 1.807) is 30.3 Å². The fourth-order valence-corrected chi connectivity index (χ4v) is 3.68. The van der Waals surface area contributed by atoms with Gasteiger partial charge in [-0.25, -0.2) is 4.79 Å². The van der Waals surface area contributed by atoms with Crippen LogP contribution in [-0.2, 0) is 4.74 Å². The highest BCUT2D eigenvalue weighted by atomic mass is 16.5. The summed E-state index contributed by atoms with van der Waals surface area (Å²) in [5.74, 6) is -1.00. The van der Waals surface area contributed by atoms with Crippen molar-refractivity contribution in [2.75, 3.05) is 6.61 Å². The Morgan fingerprint density at radius 2 is 1.63 bits per heavy atom. The number of para-hydroxylation sites is 2. The minimum Gasteiger partial charge on any atom is -0.454 e. The average molecular weight is 400 g/mol. The number of fused-ring (bicyclic) bond motifs is 1. The summed E-state index contributed by atoms with van der Waals surface area (Å²) in [5.41, 5.74) is 3.42. The summed E-state index contributed by atoms with van der Waals surface area (Å²) < 4.78 is 7.25. The topological polar surface area (TPSA) is 81.2 Å². The molecule has 4 rings (SSSR count). The second-order valence-corrected chi connectivity index (χ2v) is 7.05. The summed E-state index contributed by atoms with van der Waals surface area (Å²) in [5, 5.41) is 0.566. The third-order valence-corrected chi connectivity index (χ3v) is 5.05. The van der Waals surface area contributed by atoms with E-state index < -0.39 is 18.1 Å². The molecule has 0 fully saturated rings. The first-order valence-electron chi connectivity index (χ1n) is 9.52. The molecule has 0 spiro atoms. The number of pyridine rings is 1. The van der Waals surface area contributed by atoms with Crippen LogP contribution in [0.2, 0.25) is 0 Å². The predicted octanol–water partition coefficient (Wildman–Crippen LogP) is 3.98. The lowest BCUT2D eigenvalue weighted by molar-refractivity contribution is 0.0476. The summed E-state index contributed by atoms with van der Waals surface area (Å²) in [6.07, 6.45) is 0. The number of Topliss-reactive ketones (excluding diaryl/α,β-unsaturated/α-hetero) is 1. The number of carbonyl (C=O) groups is 2. The molecule has 0 saturated heterocycles. The number of hydrogen-bond acceptors (Lipinski definition) is 4. The molecule has 0 atom stereocenters. The highest BCUT2D eigenvalue weighted by Crippen LogP contribution is 2.21. The van der Waals surface area contributed by atoms with Gasteiger partial charge in [0.2, 0.25) is 11.3 Å². The van der Waals surface area contributed by atoms with Crippen LogP contribution in [0.5, 0.6) is 0 Å². The number of hydrogen-bond donors (Lipinski definition) is 1. The van der Waals surface area contributed by atoms with Crippen LogP contribution in [0.4, 0.5) is 0 Å². The monoisotopic (exact) mass is 400 g/mol. The van der Waals surface area contributed by atoms with E-state index in [1.807, 2.05) is 48.7 Å². The summed E-state index contributed by atoms with van der Waals surface area (Å²) in [6.45, 7) is 3.38. The molecule has 0 unspecified atom stereocenters. The summed E-state index contributed by atoms with van der Waals surface area (Å²) in [4.78, 5) is 39.9. The molecule has 2 heterocycles. The minimum absolute atomic E-state index is 0.136. The molecule has 150 valence electrons. The maximum atomic E-state index is 12.8. The number of nitrogens with one attached hydrogen (secondary N) is 1. The number of ether oxygens (including phenoxy) is 1. The van der Waals surface area contributed by atoms with Crippen LogP contribution < -0.4 is 5.56 Å². The Kier molecular flexibility index (Phi) is 5.06. The SMILES string of the molecule is Cc1cc(C(=O)COC(=O)c2cc(=O)[nH]c3ccccc23)c(C)n1-c1ccccc1. The van der Waals surface area contributed by atoms with Crippen LogP contribution >= 0.6 is 0 Å². The molecular formula is C24H20N2O4. The first-order valence-corrected chi connectivity index (χ1v) is 9.52. The van der Waals surface area contributed by atoms with E-state index in [1.165, 1.54) is 6.07 Å². The van der Waals surface area contributed by atoms with Crippen molar-refractivity contribution < 1.29 is 14.3 Å². The van der Waals surface area contributed by atoms with Crippen LogP contribution in [0.25, 0.3) is 16.6 Å². The van der Waals surface area contributed by atoms with E-state index in [9.17, 15) is 14.4 Å². The van der Waals surface area contributed by atoms with Gasteiger partial charge in [-0.2, -0.15) is 0 Å². The van der Waals surface area contributed by atoms with Gasteiger partial charge >= 0.3 is 5.97 Å². The van der Waals surface area contributed by atoms with Gasteiger partial charge in [0.25, 0.3) is 0 Å². The van der Waals surface area contributed by atoms with Crippen molar-refractivity contribution in [2.24, 2.45) is 0 Å². The number of benzene rings is 2. The van der Waals surface area contributed by atoms with E-state index in [0.717, 1.165) is 17.1 Å². The lowest BCUT2D eigenvalue weighted by Crippen LogP contribution is -2.17. The molecule has 0 aliphatic rings. The largest absolute Gasteiger partial charge is 0.454 e. The molecule has 4 aromatic rings. The molecule has 0 aliphatic carbocycles. The number of aryl methyl sites for hydroxylation is 1. The third kappa shape index (κ3) is 3.55. The van der Waals surface area contributed by atoms with E-state index in [0.29, 0.717) is 16.5 Å². The summed E-state index contributed by atoms with van der Waals surface area (Å²) in [7, 11) is 0. The fourth-order valence-electron chi connectivity index (χ4n) is 3.68. The minimum atomic E-state index is -0.706. The van der Waals surface area contributed by atoms with E-state index in [4.69, 9.17) is 4.74 Å². The van der Waals surface area contributed by atoms with Crippen molar-refractivity contribution in [1.29, 1.82) is 0 Å². The first-order chi connectivity index (χ1) is 14.5. The molecule has 0 aliphatic heterocycles. The average Bonchev–Trinajstić information content (AvgIpc) is 3.05. The van der Waals surface area contributed by atoms with Crippen LogP contribution in [-0.4, -0.2) is 27.9 Å². The standard InChI is InChI=1S/C24H20N2O4/c1-15-12-19(16(2)26(15)17-8-4-3-5-9-17)22(27)14-30-24(29)20-13-23(28)25-21-11-7-6-10-18(20)21/h3-13H,14H2,1-2H3,(H,25,28). The second-order valence-electron chi connectivity index (χ2n) is 7.05. The molecule has 6 heteroatoms. The lowest BCUT2D eigenvalue weighted by Gasteiger charge is -2.10. The van der Waals surface area contributed by atoms with Gasteiger partial charge in [0.05, 0.1) is 5.56 Å². The first kappa shape index (κ1) is 19.4. The van der Waals surface area contributed by atoms with Crippen molar-refractivity contribution in [3.63, 3.8) is 0 Å². The smallest absolute Gasteiger partial charge is 0.339 e. The van der Waals surface area contributed by atoms with Crippen LogP contribution in [0.3, 0.4) is 0 Å². The van der Waals surface area contributed by atoms with Gasteiger partial charge in [-0.3, -0.25) is 9.59 Å². The number of aromatic nitrogens is 2. The van der Waals surface area contributed by atoms with Crippen molar-refractivity contribution in [3.05, 3.63) is 99.6 Å². The van der Waals surface area contributed by atoms with Crippen molar-refractivity contribution in [2.45, 2.75) is 13.8 Å². The van der Waals surface area contributed by atoms with Gasteiger partial charge in [0.1, 0.15) is 0 Å². The number of ketones is 1. The Hall–Kier alpha value is -3.93. The number of rotatable bonds is 5. The van der Waals surface area contributed by atoms with Crippen molar-refractivity contribution in [1.82, 2.24) is 9.55 Å². The van der Waals surface area contributed by atoms with Gasteiger partial charge in [-0.15, -0.1) is 0 Å². The molecule has 30 heavy (non-hydrogen) atoms. The molecular weight excluding hydrogens is 380 g/mol. The zero-order chi connectivity index (χ0) is 21.3. The van der Waals surface area contributed by atoms with Crippen molar-refractivity contribution in [3.8, 4) is 5.69 Å². The maximum absolute atomic E-state index is 12.8. The van der Waals surface area contributed by atoms with Gasteiger partial charge in [-0.05, 0) is 38.1 Å². The predicted molar refractivity (Wildman–Crippen MR) is 114 cm³/mol. The van der Waals surface area contributed by atoms with Crippen LogP contribution in [0.15, 0.2) is 71.5 Å². The second kappa shape index (κ2) is 7.83. The van der Waals surface area contributed by atoms with E-state index in [-0.39, 0.29) is 11.3 Å². The Morgan fingerprint density at radius 3 is 2.40 bits per heavy atom. The fraction of sp³-hybridized carbons (Fsp3) is 0.125. The Morgan fingerprint density at radius 1 is 0.933 bits per heavy atom. The molecule has 1 N–H and O–H groups in total. The van der Waals surface area contributed by atoms with Gasteiger partial charge < -0.3 is 14.3 Å². The zero-order valence-electron chi connectivity index (χ0n) is 16.6. The van der Waals surface area contributed by atoms with Crippen LogP contribution in [0.1, 0.15) is 32.1 Å². The molecule has 2 aromatic heterocycles. The summed E-state index contributed by atoms with van der Waals surface area (Å²) in [6, 6.07) is 19.7. The van der Waals surface area contributed by atoms with E-state index in [2.05, 4.69) is 4.98 Å². The molecule has 0 bridgehead atoms. The highest BCUT2D eigenvalue weighted by molar-refractivity contribution is 6.05. The molecule has 0 amide bonds. The lowest BCUT2D eigenvalue weighted by atomic mass is 10.1. The Labute approximate surface area is 172 Å². The third-order valence-electron chi connectivity index (χ3n) is 5.05. The maximum Gasteiger partial charge on any atom is 0.339 e. The molecule has 6 nitrogen and oxygen atoms in total.